The summed E-state index contributed by atoms with van der Waals surface area (Å²) in [6.07, 6.45) is 1.11. The summed E-state index contributed by atoms with van der Waals surface area (Å²) in [4.78, 5) is 12.5. The zero-order valence-corrected chi connectivity index (χ0v) is 13.8. The Hall–Kier alpha value is -1.67. The molecule has 2 aromatic heterocycles. The number of carbonyl (C=O) groups is 1. The highest BCUT2D eigenvalue weighted by molar-refractivity contribution is 7.91. The number of amides is 1. The summed E-state index contributed by atoms with van der Waals surface area (Å²) in [5, 5.41) is 8.46. The zero-order valence-electron chi connectivity index (χ0n) is 12.1. The van der Waals surface area contributed by atoms with Crippen molar-refractivity contribution in [1.82, 2.24) is 5.16 Å². The first kappa shape index (κ1) is 15.7. The van der Waals surface area contributed by atoms with E-state index >= 15 is 0 Å². The Labute approximate surface area is 127 Å². The standard InChI is InChI=1S/C13H16N2O4S2/c1-7(11-8(2)15-19-9(11)3)12(16)14-13-10(5-6-20-13)21(4,17)18/h5-7H,1-4H3,(H,14,16)/t7-/m0/s1. The van der Waals surface area contributed by atoms with Gasteiger partial charge in [-0.05, 0) is 32.2 Å². The monoisotopic (exact) mass is 328 g/mol. The van der Waals surface area contributed by atoms with Gasteiger partial charge < -0.3 is 9.84 Å². The predicted octanol–water partition coefficient (Wildman–Crippen LogP) is 2.50. The summed E-state index contributed by atoms with van der Waals surface area (Å²) in [5.41, 5.74) is 1.38. The molecule has 0 unspecified atom stereocenters. The summed E-state index contributed by atoms with van der Waals surface area (Å²) >= 11 is 1.18. The lowest BCUT2D eigenvalue weighted by atomic mass is 9.99. The van der Waals surface area contributed by atoms with E-state index in [-0.39, 0.29) is 10.8 Å². The smallest absolute Gasteiger partial charge is 0.232 e. The molecule has 0 saturated carbocycles. The van der Waals surface area contributed by atoms with Crippen LogP contribution in [0.4, 0.5) is 5.00 Å². The van der Waals surface area contributed by atoms with Gasteiger partial charge in [0, 0.05) is 11.8 Å². The molecule has 2 rings (SSSR count). The van der Waals surface area contributed by atoms with Crippen LogP contribution >= 0.6 is 11.3 Å². The van der Waals surface area contributed by atoms with Gasteiger partial charge in [0.05, 0.1) is 11.6 Å². The second-order valence-corrected chi connectivity index (χ2v) is 7.74. The molecule has 0 saturated heterocycles. The number of hydrogen-bond donors (Lipinski definition) is 1. The van der Waals surface area contributed by atoms with Crippen LogP contribution in [-0.4, -0.2) is 25.7 Å². The topological polar surface area (TPSA) is 89.3 Å². The lowest BCUT2D eigenvalue weighted by molar-refractivity contribution is -0.117. The van der Waals surface area contributed by atoms with Crippen LogP contribution < -0.4 is 5.32 Å². The summed E-state index contributed by atoms with van der Waals surface area (Å²) in [5.74, 6) is -0.188. The Morgan fingerprint density at radius 3 is 2.62 bits per heavy atom. The highest BCUT2D eigenvalue weighted by Crippen LogP contribution is 2.30. The average Bonchev–Trinajstić information content (AvgIpc) is 2.95. The van der Waals surface area contributed by atoms with E-state index in [4.69, 9.17) is 4.52 Å². The second kappa shape index (κ2) is 5.61. The van der Waals surface area contributed by atoms with E-state index in [1.807, 2.05) is 0 Å². The van der Waals surface area contributed by atoms with Gasteiger partial charge in [-0.25, -0.2) is 8.42 Å². The minimum Gasteiger partial charge on any atom is -0.361 e. The number of carbonyl (C=O) groups excluding carboxylic acids is 1. The van der Waals surface area contributed by atoms with Gasteiger partial charge in [-0.2, -0.15) is 0 Å². The van der Waals surface area contributed by atoms with Crippen LogP contribution in [0.3, 0.4) is 0 Å². The Bertz CT molecular complexity index is 754. The molecule has 0 radical (unpaired) electrons. The van der Waals surface area contributed by atoms with Crippen LogP contribution in [0.2, 0.25) is 0 Å². The normalized spacial score (nSPS) is 13.1. The maximum atomic E-state index is 12.3. The molecular weight excluding hydrogens is 312 g/mol. The van der Waals surface area contributed by atoms with Crippen molar-refractivity contribution in [3.8, 4) is 0 Å². The van der Waals surface area contributed by atoms with Crippen LogP contribution in [0.15, 0.2) is 20.9 Å². The fraction of sp³-hybridized carbons (Fsp3) is 0.385. The average molecular weight is 328 g/mol. The SMILES string of the molecule is Cc1noc(C)c1[C@H](C)C(=O)Nc1sccc1S(C)(=O)=O. The lowest BCUT2D eigenvalue weighted by Gasteiger charge is -2.11. The number of aromatic nitrogens is 1. The van der Waals surface area contributed by atoms with Crippen molar-refractivity contribution >= 4 is 32.1 Å². The molecule has 0 aliphatic rings. The number of aryl methyl sites for hydroxylation is 2. The fourth-order valence-electron chi connectivity index (χ4n) is 2.14. The van der Waals surface area contributed by atoms with E-state index < -0.39 is 15.8 Å². The second-order valence-electron chi connectivity index (χ2n) is 4.83. The minimum atomic E-state index is -3.37. The van der Waals surface area contributed by atoms with Gasteiger partial charge in [0.2, 0.25) is 5.91 Å². The maximum absolute atomic E-state index is 12.3. The highest BCUT2D eigenvalue weighted by atomic mass is 32.2. The molecule has 2 heterocycles. The summed E-state index contributed by atoms with van der Waals surface area (Å²) in [7, 11) is -3.37. The molecule has 0 aliphatic heterocycles. The van der Waals surface area contributed by atoms with Crippen molar-refractivity contribution in [1.29, 1.82) is 0 Å². The third-order valence-electron chi connectivity index (χ3n) is 3.18. The van der Waals surface area contributed by atoms with Crippen molar-refractivity contribution in [2.24, 2.45) is 0 Å². The van der Waals surface area contributed by atoms with E-state index in [1.54, 1.807) is 26.2 Å². The van der Waals surface area contributed by atoms with Crippen LogP contribution in [0.1, 0.15) is 29.9 Å². The van der Waals surface area contributed by atoms with Crippen molar-refractivity contribution in [2.75, 3.05) is 11.6 Å². The molecule has 1 amide bonds. The molecule has 0 fully saturated rings. The highest BCUT2D eigenvalue weighted by Gasteiger charge is 2.25. The van der Waals surface area contributed by atoms with E-state index in [0.29, 0.717) is 16.5 Å². The molecule has 2 aromatic rings. The van der Waals surface area contributed by atoms with Gasteiger partial charge in [0.1, 0.15) is 15.7 Å². The molecule has 0 aromatic carbocycles. The van der Waals surface area contributed by atoms with Crippen LogP contribution in [0, 0.1) is 13.8 Å². The van der Waals surface area contributed by atoms with E-state index in [0.717, 1.165) is 11.8 Å². The zero-order chi connectivity index (χ0) is 15.8. The molecule has 114 valence electrons. The Kier molecular flexibility index (Phi) is 4.20. The molecule has 21 heavy (non-hydrogen) atoms. The number of thiophene rings is 1. The molecule has 0 aliphatic carbocycles. The van der Waals surface area contributed by atoms with Gasteiger partial charge in [-0.1, -0.05) is 5.16 Å². The molecule has 1 atom stereocenters. The Morgan fingerprint density at radius 1 is 1.43 bits per heavy atom. The molecule has 8 heteroatoms. The van der Waals surface area contributed by atoms with Gasteiger partial charge in [0.15, 0.2) is 9.84 Å². The predicted molar refractivity (Wildman–Crippen MR) is 80.5 cm³/mol. The van der Waals surface area contributed by atoms with Crippen molar-refractivity contribution < 1.29 is 17.7 Å². The van der Waals surface area contributed by atoms with Crippen molar-refractivity contribution in [3.05, 3.63) is 28.5 Å². The van der Waals surface area contributed by atoms with Gasteiger partial charge in [-0.15, -0.1) is 11.3 Å². The van der Waals surface area contributed by atoms with Crippen LogP contribution in [0.25, 0.3) is 0 Å². The Balaban J connectivity index is 2.25. The van der Waals surface area contributed by atoms with E-state index in [2.05, 4.69) is 10.5 Å². The summed E-state index contributed by atoms with van der Waals surface area (Å²) in [6, 6.07) is 1.48. The molecule has 1 N–H and O–H groups in total. The minimum absolute atomic E-state index is 0.131. The number of sulfone groups is 1. The number of anilines is 1. The van der Waals surface area contributed by atoms with E-state index in [9.17, 15) is 13.2 Å². The molecular formula is C13H16N2O4S2. The molecule has 0 bridgehead atoms. The third-order valence-corrected chi connectivity index (χ3v) is 5.28. The van der Waals surface area contributed by atoms with Crippen LogP contribution in [-0.2, 0) is 14.6 Å². The molecule has 6 nitrogen and oxygen atoms in total. The van der Waals surface area contributed by atoms with E-state index in [1.165, 1.54) is 17.4 Å². The molecule has 0 spiro atoms. The Morgan fingerprint density at radius 2 is 2.10 bits per heavy atom. The summed E-state index contributed by atoms with van der Waals surface area (Å²) in [6.45, 7) is 5.24. The first-order chi connectivity index (χ1) is 9.71. The van der Waals surface area contributed by atoms with Crippen molar-refractivity contribution in [2.45, 2.75) is 31.6 Å². The largest absolute Gasteiger partial charge is 0.361 e. The van der Waals surface area contributed by atoms with Crippen molar-refractivity contribution in [3.63, 3.8) is 0 Å². The van der Waals surface area contributed by atoms with Gasteiger partial charge in [0.25, 0.3) is 0 Å². The summed E-state index contributed by atoms with van der Waals surface area (Å²) < 4.78 is 28.3. The quantitative estimate of drug-likeness (QED) is 0.931. The lowest BCUT2D eigenvalue weighted by Crippen LogP contribution is -2.20. The first-order valence-electron chi connectivity index (χ1n) is 6.23. The fourth-order valence-corrected chi connectivity index (χ4v) is 4.21. The number of nitrogens with zero attached hydrogens (tertiary/aromatic N) is 1. The van der Waals surface area contributed by atoms with Gasteiger partial charge >= 0.3 is 0 Å². The van der Waals surface area contributed by atoms with Gasteiger partial charge in [-0.3, -0.25) is 4.79 Å². The first-order valence-corrected chi connectivity index (χ1v) is 9.00. The maximum Gasteiger partial charge on any atom is 0.232 e. The van der Waals surface area contributed by atoms with Crippen LogP contribution in [0.5, 0.6) is 0 Å². The number of hydrogen-bond acceptors (Lipinski definition) is 6. The third kappa shape index (κ3) is 3.16. The number of rotatable bonds is 4. The number of nitrogens with one attached hydrogen (secondary N) is 1.